The summed E-state index contributed by atoms with van der Waals surface area (Å²) in [5.41, 5.74) is 4.69. The van der Waals surface area contributed by atoms with E-state index in [2.05, 4.69) is 51.3 Å². The number of hydrogen-bond donors (Lipinski definition) is 11. The number of ether oxygens (including phenoxy) is 8. The monoisotopic (exact) mass is 1090 g/mol. The van der Waals surface area contributed by atoms with Crippen LogP contribution in [0.3, 0.4) is 0 Å². The van der Waals surface area contributed by atoms with Gasteiger partial charge in [-0.05, 0) is 110 Å². The van der Waals surface area contributed by atoms with E-state index in [1.54, 1.807) is 6.08 Å². The van der Waals surface area contributed by atoms with Gasteiger partial charge in [0, 0.05) is 20.3 Å². The minimum absolute atomic E-state index is 0.0314. The molecule has 0 spiro atoms. The van der Waals surface area contributed by atoms with Gasteiger partial charge in [-0.15, -0.1) is 0 Å². The Morgan fingerprint density at radius 3 is 1.97 bits per heavy atom. The predicted molar refractivity (Wildman–Crippen MR) is 270 cm³/mol. The van der Waals surface area contributed by atoms with Gasteiger partial charge in [-0.3, -0.25) is 14.4 Å². The third kappa shape index (κ3) is 11.9. The van der Waals surface area contributed by atoms with Crippen molar-refractivity contribution >= 4 is 17.6 Å². The molecule has 436 valence electrons. The van der Waals surface area contributed by atoms with Crippen molar-refractivity contribution in [1.82, 2.24) is 10.6 Å². The summed E-state index contributed by atoms with van der Waals surface area (Å²) in [5.74, 6) is -0.339. The Balaban J connectivity index is 1.05. The average molecular weight is 1100 g/mol. The van der Waals surface area contributed by atoms with Crippen molar-refractivity contribution in [2.45, 2.75) is 230 Å². The number of fused-ring (bicyclic) bond motifs is 4. The van der Waals surface area contributed by atoms with Crippen molar-refractivity contribution < 1.29 is 98.2 Å². The van der Waals surface area contributed by atoms with Crippen molar-refractivity contribution in [2.75, 3.05) is 26.4 Å². The Hall–Kier alpha value is -2.85. The van der Waals surface area contributed by atoms with Gasteiger partial charge in [0.1, 0.15) is 85.3 Å². The number of aliphatic hydroxyl groups excluding tert-OH is 9. The molecular weight excluding hydrogens is 1010 g/mol. The lowest BCUT2D eigenvalue weighted by Crippen LogP contribution is -2.68. The maximum absolute atomic E-state index is 12.9. The van der Waals surface area contributed by atoms with Crippen molar-refractivity contribution in [2.24, 2.45) is 34.0 Å². The molecule has 0 aromatic rings. The molecule has 1 saturated carbocycles. The van der Waals surface area contributed by atoms with Crippen LogP contribution in [0.4, 0.5) is 0 Å². The zero-order valence-electron chi connectivity index (χ0n) is 45.9. The summed E-state index contributed by atoms with van der Waals surface area (Å²) < 4.78 is 49.5. The van der Waals surface area contributed by atoms with Gasteiger partial charge in [0.2, 0.25) is 11.8 Å². The molecule has 8 aliphatic rings. The van der Waals surface area contributed by atoms with Gasteiger partial charge >= 0.3 is 0 Å². The molecule has 4 aliphatic heterocycles. The topological polar surface area (TPSA) is 331 Å². The molecule has 11 N–H and O–H groups in total. The molecule has 24 atom stereocenters. The van der Waals surface area contributed by atoms with Crippen LogP contribution in [0, 0.1) is 34.0 Å². The first-order valence-corrected chi connectivity index (χ1v) is 27.5. The van der Waals surface area contributed by atoms with Crippen molar-refractivity contribution in [3.05, 3.63) is 34.4 Å². The van der Waals surface area contributed by atoms with Crippen LogP contribution in [-0.4, -0.2) is 207 Å². The molecule has 22 nitrogen and oxygen atoms in total. The zero-order chi connectivity index (χ0) is 56.2. The van der Waals surface area contributed by atoms with Crippen molar-refractivity contribution in [3.8, 4) is 0 Å². The highest BCUT2D eigenvalue weighted by atomic mass is 16.8. The fraction of sp³-hybridized carbons (Fsp3) is 0.836. The molecule has 0 bridgehead atoms. The molecule has 4 aliphatic carbocycles. The largest absolute Gasteiger partial charge is 0.394 e. The molecule has 22 heteroatoms. The third-order valence-corrected chi connectivity index (χ3v) is 18.6. The molecule has 4 saturated heterocycles. The Morgan fingerprint density at radius 2 is 1.34 bits per heavy atom. The van der Waals surface area contributed by atoms with Crippen LogP contribution >= 0.6 is 0 Å². The number of carbonyl (C=O) groups is 3. The Kier molecular flexibility index (Phi) is 18.7. The van der Waals surface area contributed by atoms with Crippen LogP contribution in [0.25, 0.3) is 0 Å². The molecule has 0 radical (unpaired) electrons. The lowest BCUT2D eigenvalue weighted by Gasteiger charge is -2.60. The van der Waals surface area contributed by atoms with E-state index in [-0.39, 0.29) is 41.7 Å². The van der Waals surface area contributed by atoms with Crippen molar-refractivity contribution in [3.63, 3.8) is 0 Å². The minimum atomic E-state index is -1.79. The number of nitrogens with one attached hydrogen (secondary N) is 2. The normalized spacial score (nSPS) is 45.2. The predicted octanol–water partition coefficient (Wildman–Crippen LogP) is 0.0507. The van der Waals surface area contributed by atoms with Gasteiger partial charge in [0.05, 0.1) is 32.5 Å². The molecule has 2 amide bonds. The molecule has 4 heterocycles. The number of allylic oxidation sites excluding steroid dienone is 6. The van der Waals surface area contributed by atoms with Gasteiger partial charge < -0.3 is 94.5 Å². The first-order valence-electron chi connectivity index (χ1n) is 27.5. The summed E-state index contributed by atoms with van der Waals surface area (Å²) in [6.07, 6.45) is -14.9. The van der Waals surface area contributed by atoms with Crippen molar-refractivity contribution in [1.29, 1.82) is 0 Å². The summed E-state index contributed by atoms with van der Waals surface area (Å²) in [5, 5.41) is 103. The molecule has 77 heavy (non-hydrogen) atoms. The van der Waals surface area contributed by atoms with Crippen LogP contribution in [0.1, 0.15) is 114 Å². The molecule has 0 unspecified atom stereocenters. The zero-order valence-corrected chi connectivity index (χ0v) is 45.9. The quantitative estimate of drug-likeness (QED) is 0.0910. The van der Waals surface area contributed by atoms with Gasteiger partial charge in [-0.2, -0.15) is 0 Å². The van der Waals surface area contributed by atoms with E-state index in [1.807, 2.05) is 13.8 Å². The van der Waals surface area contributed by atoms with Crippen LogP contribution in [0.2, 0.25) is 0 Å². The van der Waals surface area contributed by atoms with Gasteiger partial charge in [-0.25, -0.2) is 0 Å². The van der Waals surface area contributed by atoms with E-state index in [0.29, 0.717) is 18.8 Å². The summed E-state index contributed by atoms with van der Waals surface area (Å²) in [4.78, 5) is 38.0. The highest BCUT2D eigenvalue weighted by Gasteiger charge is 2.60. The molecule has 0 aromatic heterocycles. The van der Waals surface area contributed by atoms with E-state index < -0.39 is 147 Å². The third-order valence-electron chi connectivity index (χ3n) is 18.6. The minimum Gasteiger partial charge on any atom is -0.394 e. The maximum atomic E-state index is 12.9. The van der Waals surface area contributed by atoms with Crippen LogP contribution in [0.5, 0.6) is 0 Å². The average Bonchev–Trinajstić information content (AvgIpc) is 3.84. The lowest BCUT2D eigenvalue weighted by molar-refractivity contribution is -0.371. The second-order valence-electron chi connectivity index (χ2n) is 24.4. The summed E-state index contributed by atoms with van der Waals surface area (Å²) in [6, 6.07) is -2.87. The Morgan fingerprint density at radius 1 is 0.714 bits per heavy atom. The summed E-state index contributed by atoms with van der Waals surface area (Å²) in [7, 11) is 0. The smallest absolute Gasteiger partial charge is 0.217 e. The van der Waals surface area contributed by atoms with E-state index >= 15 is 0 Å². The van der Waals surface area contributed by atoms with E-state index in [9.17, 15) is 60.3 Å². The van der Waals surface area contributed by atoms with Crippen LogP contribution < -0.4 is 10.6 Å². The van der Waals surface area contributed by atoms with E-state index in [4.69, 9.17) is 37.9 Å². The highest BCUT2D eigenvalue weighted by molar-refractivity contribution is 5.90. The van der Waals surface area contributed by atoms with E-state index in [0.717, 1.165) is 44.1 Å². The number of rotatable bonds is 16. The second-order valence-corrected chi connectivity index (χ2v) is 24.4. The summed E-state index contributed by atoms with van der Waals surface area (Å²) in [6.45, 7) is 15.6. The number of carbonyl (C=O) groups excluding carboxylic acids is 3. The van der Waals surface area contributed by atoms with E-state index in [1.165, 1.54) is 30.6 Å². The Labute approximate surface area is 450 Å². The number of amides is 2. The van der Waals surface area contributed by atoms with Crippen LogP contribution in [-0.2, 0) is 52.3 Å². The fourth-order valence-corrected chi connectivity index (χ4v) is 14.5. The maximum Gasteiger partial charge on any atom is 0.217 e. The number of hydrogen-bond acceptors (Lipinski definition) is 20. The second kappa shape index (κ2) is 23.9. The van der Waals surface area contributed by atoms with Crippen LogP contribution in [0.15, 0.2) is 34.4 Å². The number of aliphatic hydroxyl groups is 9. The lowest BCUT2D eigenvalue weighted by atomic mass is 9.46. The standard InChI is InChI=1S/C55H86N2O20/c1-24(2)18-28(61)19-25(3)30-11-12-31-29-10-13-37-53(6,7)38(15-17-55(37,9)32(29)14-16-54(30,31)8)76-52-48(44(66)36(23-72-52)75-49-39(56-26(4)59)45(67)42(64)34(20-58)73-49)77-50-40(57-27(5)60)46(68)43(65)35(74-50)22-71-51-47(69)41(63)33(62)21-70-51/h12,18,25,30,33-52,58,62-69H,10-11,13-17,19-23H2,1-9H3,(H,56,59)(H,57,60)/t25-,30-,33-,34-,35-,36-,37+,38+,39-,40-,41+,42+,43-,44+,45-,46-,47-,48-,49+,50+,51+,52+,54-,55-/m1/s1. The fourth-order valence-electron chi connectivity index (χ4n) is 14.5. The first-order chi connectivity index (χ1) is 36.2. The number of ketones is 1. The Bertz CT molecular complexity index is 2220. The molecule has 5 fully saturated rings. The SMILES string of the molecule is CC(=O)N[C@H]1[C@H](O[C@@H]2CO[C@@H](O[C@H]3CC[C@]4(C)C5=C(CC[C@H]4C3(C)C)C3=CC[C@H]([C@H](C)CC(=O)C=C(C)C)[C@@]3(C)CC5)[C@H](O[C@@H]3O[C@H](CO[C@@H]4OC[C@@H](O)[C@H](O)[C@H]4O)[C@@H](O)[C@H](O)[C@H]3NC(C)=O)[C@H]2O)O[C@H](CO)[C@H](O)[C@@H]1O. The van der Waals surface area contributed by atoms with Gasteiger partial charge in [0.25, 0.3) is 0 Å². The molecule has 8 rings (SSSR count). The van der Waals surface area contributed by atoms with Gasteiger partial charge in [0.15, 0.2) is 30.9 Å². The molecule has 0 aromatic carbocycles. The van der Waals surface area contributed by atoms with Gasteiger partial charge in [-0.1, -0.05) is 51.8 Å². The first kappa shape index (κ1) is 60.3. The summed E-state index contributed by atoms with van der Waals surface area (Å²) >= 11 is 0. The molecular formula is C55H86N2O20. The highest BCUT2D eigenvalue weighted by Crippen LogP contribution is 2.67.